The van der Waals surface area contributed by atoms with Gasteiger partial charge in [-0.15, -0.1) is 0 Å². The van der Waals surface area contributed by atoms with Gasteiger partial charge in [0, 0.05) is 36.5 Å². The van der Waals surface area contributed by atoms with Crippen LogP contribution in [0.15, 0.2) is 54.1 Å². The van der Waals surface area contributed by atoms with Crippen molar-refractivity contribution in [3.63, 3.8) is 0 Å². The monoisotopic (exact) mass is 333 g/mol. The number of aromatic nitrogens is 1. The molecule has 0 spiro atoms. The fraction of sp³-hybridized carbons (Fsp3) is 0.238. The summed E-state index contributed by atoms with van der Waals surface area (Å²) in [6.45, 7) is 3.36. The number of pyridine rings is 1. The first-order valence-corrected chi connectivity index (χ1v) is 8.36. The number of nitrogens with zero attached hydrogens (tertiary/aromatic N) is 2. The summed E-state index contributed by atoms with van der Waals surface area (Å²) in [5.41, 5.74) is 3.66. The predicted octanol–water partition coefficient (Wildman–Crippen LogP) is 3.04. The summed E-state index contributed by atoms with van der Waals surface area (Å²) < 4.78 is 0. The predicted molar refractivity (Wildman–Crippen MR) is 98.6 cm³/mol. The Balaban J connectivity index is 1.58. The lowest BCUT2D eigenvalue weighted by atomic mass is 10.0. The molecule has 25 heavy (non-hydrogen) atoms. The summed E-state index contributed by atoms with van der Waals surface area (Å²) >= 11 is 0. The van der Waals surface area contributed by atoms with Crippen LogP contribution in [0.4, 0.5) is 0 Å². The Bertz CT molecular complexity index is 847. The molecule has 1 fully saturated rings. The molecule has 0 bridgehead atoms. The van der Waals surface area contributed by atoms with Crippen molar-refractivity contribution in [3.8, 4) is 17.6 Å². The highest BCUT2D eigenvalue weighted by Gasteiger charge is 2.20. The van der Waals surface area contributed by atoms with Gasteiger partial charge in [-0.05, 0) is 56.0 Å². The molecule has 1 aromatic carbocycles. The third kappa shape index (κ3) is 4.48. The molecule has 0 atom stereocenters. The molecule has 1 aliphatic heterocycles. The summed E-state index contributed by atoms with van der Waals surface area (Å²) in [5.74, 6) is 6.60. The first-order valence-electron chi connectivity index (χ1n) is 8.36. The smallest absolute Gasteiger partial charge is 0.253 e. The molecule has 2 aromatic rings. The van der Waals surface area contributed by atoms with Gasteiger partial charge in [0.25, 0.3) is 11.7 Å². The number of allylic oxidation sites excluding steroid dienone is 1. The molecule has 4 nitrogen and oxygen atoms in total. The molecule has 1 aliphatic rings. The number of piperidine rings is 1. The Hall–Kier alpha value is -3.06. The van der Waals surface area contributed by atoms with Crippen molar-refractivity contribution in [2.24, 2.45) is 0 Å². The number of hydrogen-bond donors (Lipinski definition) is 0. The van der Waals surface area contributed by atoms with Crippen LogP contribution in [-0.4, -0.2) is 34.0 Å². The third-order valence-electron chi connectivity index (χ3n) is 4.19. The average Bonchev–Trinajstić information content (AvgIpc) is 2.62. The van der Waals surface area contributed by atoms with E-state index in [1.54, 1.807) is 24.3 Å². The number of likely N-dealkylation sites (tertiary alicyclic amines) is 1. The molecule has 2 heterocycles. The lowest BCUT2D eigenvalue weighted by molar-refractivity contribution is 0.0743. The first kappa shape index (κ1) is 16.8. The number of rotatable bonds is 1. The zero-order valence-electron chi connectivity index (χ0n) is 14.2. The topological polar surface area (TPSA) is 56.1 Å². The Morgan fingerprint density at radius 1 is 1.16 bits per heavy atom. The second-order valence-corrected chi connectivity index (χ2v) is 6.11. The number of carbonyl (C=O) groups excluding carboxylic acids is 1. The summed E-state index contributed by atoms with van der Waals surface area (Å²) in [6.07, 6.45) is 3.65. The van der Waals surface area contributed by atoms with Gasteiger partial charge in [0.2, 0.25) is 0 Å². The van der Waals surface area contributed by atoms with E-state index >= 15 is 0 Å². The molecule has 4 heteroatoms. The molecule has 0 aliphatic carbocycles. The molecule has 3 rings (SSSR count). The summed E-state index contributed by atoms with van der Waals surface area (Å²) in [6, 6.07) is 12.5. The lowest BCUT2D eigenvalue weighted by Gasteiger charge is -2.28. The van der Waals surface area contributed by atoms with E-state index in [1.165, 1.54) is 5.57 Å². The van der Waals surface area contributed by atoms with Crippen LogP contribution in [0, 0.1) is 18.8 Å². The summed E-state index contributed by atoms with van der Waals surface area (Å²) in [4.78, 5) is 18.7. The third-order valence-corrected chi connectivity index (χ3v) is 4.19. The maximum Gasteiger partial charge on any atom is 0.253 e. The molecule has 0 radical (unpaired) electrons. The van der Waals surface area contributed by atoms with Crippen LogP contribution >= 0.6 is 0 Å². The highest BCUT2D eigenvalue weighted by molar-refractivity contribution is 5.94. The molecule has 1 aromatic heterocycles. The van der Waals surface area contributed by atoms with Gasteiger partial charge in [-0.1, -0.05) is 17.6 Å². The van der Waals surface area contributed by atoms with E-state index in [9.17, 15) is 4.79 Å². The van der Waals surface area contributed by atoms with Gasteiger partial charge in [0.15, 0.2) is 0 Å². The normalized spacial score (nSPS) is 13.8. The van der Waals surface area contributed by atoms with Gasteiger partial charge >= 0.3 is 0 Å². The van der Waals surface area contributed by atoms with Gasteiger partial charge in [0.05, 0.1) is 0 Å². The average molecular weight is 333 g/mol. The van der Waals surface area contributed by atoms with E-state index in [4.69, 9.17) is 5.11 Å². The first-order chi connectivity index (χ1) is 12.1. The van der Waals surface area contributed by atoms with E-state index in [0.717, 1.165) is 24.2 Å². The van der Waals surface area contributed by atoms with Crippen molar-refractivity contribution in [2.75, 3.05) is 13.1 Å². The molecule has 1 saturated heterocycles. The van der Waals surface area contributed by atoms with Crippen molar-refractivity contribution in [2.45, 2.75) is 19.8 Å². The van der Waals surface area contributed by atoms with Crippen LogP contribution in [0.5, 0.6) is 5.75 Å². The van der Waals surface area contributed by atoms with Crippen molar-refractivity contribution in [1.82, 2.24) is 9.88 Å². The summed E-state index contributed by atoms with van der Waals surface area (Å²) in [7, 11) is 0. The van der Waals surface area contributed by atoms with Crippen LogP contribution in [0.25, 0.3) is 0 Å². The number of benzene rings is 1. The fourth-order valence-electron chi connectivity index (χ4n) is 2.76. The molecule has 0 saturated carbocycles. The van der Waals surface area contributed by atoms with Gasteiger partial charge in [-0.2, -0.15) is 0 Å². The van der Waals surface area contributed by atoms with Crippen LogP contribution in [-0.2, 0) is 0 Å². The SMILES string of the molecule is Cc1cccc(C#CC=C2CCN(C(=O)c3ccc([OH2+])cc3)CC2)n1. The minimum absolute atomic E-state index is 0.0362. The lowest BCUT2D eigenvalue weighted by Crippen LogP contribution is -2.36. The standard InChI is InChI=1S/C21H20N2O2/c1-16-4-2-6-19(22-16)7-3-5-17-12-14-23(15-13-17)21(25)18-8-10-20(24)11-9-18/h2,4-6,8-11,24H,12-15H2,1H3/p+1. The Morgan fingerprint density at radius 3 is 2.56 bits per heavy atom. The Kier molecular flexibility index (Phi) is 5.15. The highest BCUT2D eigenvalue weighted by atomic mass is 16.3. The van der Waals surface area contributed by atoms with Gasteiger partial charge in [0.1, 0.15) is 5.69 Å². The van der Waals surface area contributed by atoms with Crippen LogP contribution in [0.2, 0.25) is 0 Å². The van der Waals surface area contributed by atoms with Crippen molar-refractivity contribution in [1.29, 1.82) is 0 Å². The minimum atomic E-state index is 0.0362. The summed E-state index contributed by atoms with van der Waals surface area (Å²) in [5, 5.41) is 7.49. The van der Waals surface area contributed by atoms with Crippen LogP contribution in [0.1, 0.15) is 34.6 Å². The van der Waals surface area contributed by atoms with Crippen LogP contribution in [0.3, 0.4) is 0 Å². The van der Waals surface area contributed by atoms with Gasteiger partial charge in [-0.25, -0.2) is 4.98 Å². The molecule has 126 valence electrons. The fourth-order valence-corrected chi connectivity index (χ4v) is 2.76. The van der Waals surface area contributed by atoms with E-state index in [0.29, 0.717) is 24.4 Å². The maximum atomic E-state index is 12.5. The molecule has 1 amide bonds. The number of amides is 1. The second-order valence-electron chi connectivity index (χ2n) is 6.11. The molecule has 2 N–H and O–H groups in total. The highest BCUT2D eigenvalue weighted by Crippen LogP contribution is 2.19. The zero-order chi connectivity index (χ0) is 17.6. The molecular weight excluding hydrogens is 312 g/mol. The molecular formula is C21H21N2O2+. The van der Waals surface area contributed by atoms with Crippen molar-refractivity contribution < 1.29 is 9.90 Å². The maximum absolute atomic E-state index is 12.5. The second kappa shape index (κ2) is 7.67. The van der Waals surface area contributed by atoms with Crippen molar-refractivity contribution >= 4 is 5.91 Å². The van der Waals surface area contributed by atoms with E-state index in [2.05, 4.69) is 16.8 Å². The van der Waals surface area contributed by atoms with E-state index < -0.39 is 0 Å². The Labute approximate surface area is 147 Å². The number of hydrogen-bond acceptors (Lipinski definition) is 2. The largest absolute Gasteiger partial charge is 0.593 e. The molecule has 0 unspecified atom stereocenters. The minimum Gasteiger partial charge on any atom is -0.593 e. The van der Waals surface area contributed by atoms with E-state index in [-0.39, 0.29) is 5.91 Å². The van der Waals surface area contributed by atoms with Crippen molar-refractivity contribution in [3.05, 3.63) is 71.1 Å². The van der Waals surface area contributed by atoms with Gasteiger partial charge < -0.3 is 10.0 Å². The Morgan fingerprint density at radius 2 is 1.88 bits per heavy atom. The van der Waals surface area contributed by atoms with E-state index in [1.807, 2.05) is 36.1 Å². The number of carbonyl (C=O) groups is 1. The number of aryl methyl sites for hydroxylation is 1. The van der Waals surface area contributed by atoms with Gasteiger partial charge in [-0.3, -0.25) is 4.79 Å². The quantitative estimate of drug-likeness (QED) is 0.595. The zero-order valence-corrected chi connectivity index (χ0v) is 14.2. The van der Waals surface area contributed by atoms with Crippen LogP contribution < -0.4 is 0 Å².